The molecule has 0 amide bonds. The lowest BCUT2D eigenvalue weighted by Crippen LogP contribution is -2.15. The molecule has 0 radical (unpaired) electrons. The molecule has 0 fully saturated rings. The SMILES string of the molecule is CCOC(=O)c1cc(-c2ccc(Cl)cc2)nc2cc(C(C)(C)C)nn12. The molecular weight excluding hydrogens is 338 g/mol. The summed E-state index contributed by atoms with van der Waals surface area (Å²) >= 11 is 5.96. The molecule has 0 spiro atoms. The van der Waals surface area contributed by atoms with Gasteiger partial charge in [-0.2, -0.15) is 5.10 Å². The van der Waals surface area contributed by atoms with Gasteiger partial charge in [-0.15, -0.1) is 0 Å². The third-order valence-corrected chi connectivity index (χ3v) is 4.07. The van der Waals surface area contributed by atoms with Gasteiger partial charge in [-0.05, 0) is 25.1 Å². The molecule has 2 aromatic heterocycles. The van der Waals surface area contributed by atoms with Crippen LogP contribution in [-0.2, 0) is 10.2 Å². The van der Waals surface area contributed by atoms with Crippen LogP contribution in [0.25, 0.3) is 16.9 Å². The summed E-state index contributed by atoms with van der Waals surface area (Å²) in [6, 6.07) is 10.9. The Hall–Kier alpha value is -2.40. The summed E-state index contributed by atoms with van der Waals surface area (Å²) in [5.74, 6) is -0.423. The Kier molecular flexibility index (Phi) is 4.52. The molecule has 0 bridgehead atoms. The molecular formula is C19H20ClN3O2. The van der Waals surface area contributed by atoms with E-state index in [0.717, 1.165) is 11.3 Å². The minimum atomic E-state index is -0.423. The quantitative estimate of drug-likeness (QED) is 0.646. The van der Waals surface area contributed by atoms with Crippen molar-refractivity contribution in [1.29, 1.82) is 0 Å². The lowest BCUT2D eigenvalue weighted by atomic mass is 9.93. The third kappa shape index (κ3) is 3.51. The molecule has 0 unspecified atom stereocenters. The van der Waals surface area contributed by atoms with Crippen LogP contribution in [0.1, 0.15) is 43.9 Å². The van der Waals surface area contributed by atoms with E-state index >= 15 is 0 Å². The maximum absolute atomic E-state index is 12.4. The molecule has 0 aliphatic heterocycles. The summed E-state index contributed by atoms with van der Waals surface area (Å²) in [4.78, 5) is 17.1. The summed E-state index contributed by atoms with van der Waals surface area (Å²) in [5, 5.41) is 5.22. The molecule has 130 valence electrons. The highest BCUT2D eigenvalue weighted by Crippen LogP contribution is 2.26. The number of aromatic nitrogens is 3. The predicted octanol–water partition coefficient (Wildman–Crippen LogP) is 4.52. The second kappa shape index (κ2) is 6.48. The van der Waals surface area contributed by atoms with Crippen LogP contribution in [0.15, 0.2) is 36.4 Å². The lowest BCUT2D eigenvalue weighted by molar-refractivity contribution is 0.0516. The van der Waals surface area contributed by atoms with E-state index in [1.807, 2.05) is 18.2 Å². The standard InChI is InChI=1S/C19H20ClN3O2/c1-5-25-18(24)15-10-14(12-6-8-13(20)9-7-12)21-17-11-16(19(2,3)4)22-23(15)17/h6-11H,5H2,1-4H3. The zero-order valence-electron chi connectivity index (χ0n) is 14.7. The molecule has 3 aromatic rings. The minimum Gasteiger partial charge on any atom is -0.461 e. The zero-order valence-corrected chi connectivity index (χ0v) is 15.5. The van der Waals surface area contributed by atoms with Gasteiger partial charge in [-0.25, -0.2) is 14.3 Å². The highest BCUT2D eigenvalue weighted by atomic mass is 35.5. The van der Waals surface area contributed by atoms with E-state index in [9.17, 15) is 4.79 Å². The van der Waals surface area contributed by atoms with Gasteiger partial charge in [0.05, 0.1) is 18.0 Å². The number of ether oxygens (including phenoxy) is 1. The first-order chi connectivity index (χ1) is 11.8. The van der Waals surface area contributed by atoms with Crippen molar-refractivity contribution in [3.05, 3.63) is 52.8 Å². The number of esters is 1. The van der Waals surface area contributed by atoms with Crippen molar-refractivity contribution in [2.75, 3.05) is 6.61 Å². The van der Waals surface area contributed by atoms with Crippen molar-refractivity contribution in [1.82, 2.24) is 14.6 Å². The fourth-order valence-electron chi connectivity index (χ4n) is 2.46. The molecule has 0 aliphatic carbocycles. The summed E-state index contributed by atoms with van der Waals surface area (Å²) in [6.07, 6.45) is 0. The number of carbonyl (C=O) groups excluding carboxylic acids is 1. The van der Waals surface area contributed by atoms with E-state index in [2.05, 4.69) is 30.9 Å². The van der Waals surface area contributed by atoms with E-state index in [-0.39, 0.29) is 5.41 Å². The first-order valence-corrected chi connectivity index (χ1v) is 8.52. The molecule has 0 aliphatic rings. The Morgan fingerprint density at radius 1 is 1.20 bits per heavy atom. The topological polar surface area (TPSA) is 56.5 Å². The lowest BCUT2D eigenvalue weighted by Gasteiger charge is -2.13. The maximum atomic E-state index is 12.4. The second-order valence-electron chi connectivity index (χ2n) is 6.80. The van der Waals surface area contributed by atoms with E-state index in [0.29, 0.717) is 28.7 Å². The molecule has 0 saturated carbocycles. The number of hydrogen-bond acceptors (Lipinski definition) is 4. The molecule has 0 atom stereocenters. The van der Waals surface area contributed by atoms with Gasteiger partial charge < -0.3 is 4.74 Å². The van der Waals surface area contributed by atoms with Gasteiger partial charge in [0.25, 0.3) is 0 Å². The Morgan fingerprint density at radius 3 is 2.48 bits per heavy atom. The van der Waals surface area contributed by atoms with Crippen LogP contribution in [0, 0.1) is 0 Å². The van der Waals surface area contributed by atoms with E-state index < -0.39 is 5.97 Å². The van der Waals surface area contributed by atoms with Crippen molar-refractivity contribution < 1.29 is 9.53 Å². The summed E-state index contributed by atoms with van der Waals surface area (Å²) in [7, 11) is 0. The minimum absolute atomic E-state index is 0.153. The normalized spacial score (nSPS) is 11.7. The van der Waals surface area contributed by atoms with Gasteiger partial charge in [-0.1, -0.05) is 44.5 Å². The van der Waals surface area contributed by atoms with Gasteiger partial charge in [0.2, 0.25) is 0 Å². The van der Waals surface area contributed by atoms with Crippen molar-refractivity contribution in [3.63, 3.8) is 0 Å². The third-order valence-electron chi connectivity index (χ3n) is 3.82. The molecule has 6 heteroatoms. The fraction of sp³-hybridized carbons (Fsp3) is 0.316. The maximum Gasteiger partial charge on any atom is 0.357 e. The number of carbonyl (C=O) groups is 1. The molecule has 5 nitrogen and oxygen atoms in total. The number of nitrogens with zero attached hydrogens (tertiary/aromatic N) is 3. The average Bonchev–Trinajstić information content (AvgIpc) is 2.99. The molecule has 1 aromatic carbocycles. The number of benzene rings is 1. The molecule has 0 saturated heterocycles. The van der Waals surface area contributed by atoms with Gasteiger partial charge >= 0.3 is 5.97 Å². The monoisotopic (exact) mass is 357 g/mol. The number of fused-ring (bicyclic) bond motifs is 1. The Labute approximate surface area is 151 Å². The van der Waals surface area contributed by atoms with Crippen LogP contribution in [0.4, 0.5) is 0 Å². The summed E-state index contributed by atoms with van der Waals surface area (Å²) in [6.45, 7) is 8.28. The van der Waals surface area contributed by atoms with Crippen molar-refractivity contribution in [2.45, 2.75) is 33.1 Å². The largest absolute Gasteiger partial charge is 0.461 e. The van der Waals surface area contributed by atoms with E-state index in [1.165, 1.54) is 0 Å². The van der Waals surface area contributed by atoms with Crippen molar-refractivity contribution in [3.8, 4) is 11.3 Å². The smallest absolute Gasteiger partial charge is 0.357 e. The molecule has 0 N–H and O–H groups in total. The van der Waals surface area contributed by atoms with Crippen molar-refractivity contribution >= 4 is 23.2 Å². The van der Waals surface area contributed by atoms with Crippen molar-refractivity contribution in [2.24, 2.45) is 0 Å². The van der Waals surface area contributed by atoms with Crippen LogP contribution in [-0.4, -0.2) is 27.2 Å². The Balaban J connectivity index is 2.22. The van der Waals surface area contributed by atoms with Crippen LogP contribution in [0.3, 0.4) is 0 Å². The van der Waals surface area contributed by atoms with Crippen LogP contribution in [0.5, 0.6) is 0 Å². The van der Waals surface area contributed by atoms with Crippen LogP contribution < -0.4 is 0 Å². The summed E-state index contributed by atoms with van der Waals surface area (Å²) in [5.41, 5.74) is 3.22. The highest BCUT2D eigenvalue weighted by Gasteiger charge is 2.22. The van der Waals surface area contributed by atoms with Crippen LogP contribution >= 0.6 is 11.6 Å². The number of hydrogen-bond donors (Lipinski definition) is 0. The first-order valence-electron chi connectivity index (χ1n) is 8.14. The molecule has 2 heterocycles. The highest BCUT2D eigenvalue weighted by molar-refractivity contribution is 6.30. The second-order valence-corrected chi connectivity index (χ2v) is 7.24. The van der Waals surface area contributed by atoms with Gasteiger partial charge in [0, 0.05) is 22.1 Å². The average molecular weight is 358 g/mol. The van der Waals surface area contributed by atoms with Gasteiger partial charge in [0.1, 0.15) is 0 Å². The van der Waals surface area contributed by atoms with Crippen LogP contribution in [0.2, 0.25) is 5.02 Å². The number of halogens is 1. The van der Waals surface area contributed by atoms with Gasteiger partial charge in [0.15, 0.2) is 11.3 Å². The van der Waals surface area contributed by atoms with Gasteiger partial charge in [-0.3, -0.25) is 0 Å². The Morgan fingerprint density at radius 2 is 1.88 bits per heavy atom. The zero-order chi connectivity index (χ0) is 18.2. The number of rotatable bonds is 3. The van der Waals surface area contributed by atoms with E-state index in [1.54, 1.807) is 29.6 Å². The first kappa shape index (κ1) is 17.4. The summed E-state index contributed by atoms with van der Waals surface area (Å²) < 4.78 is 6.75. The van der Waals surface area contributed by atoms with E-state index in [4.69, 9.17) is 16.3 Å². The Bertz CT molecular complexity index is 924. The predicted molar refractivity (Wildman–Crippen MR) is 98.1 cm³/mol. The fourth-order valence-corrected chi connectivity index (χ4v) is 2.59. The molecule has 25 heavy (non-hydrogen) atoms. The molecule has 3 rings (SSSR count).